The van der Waals surface area contributed by atoms with Gasteiger partial charge in [-0.1, -0.05) is 74.1 Å². The number of hydrogen-bond donors (Lipinski definition) is 11. The van der Waals surface area contributed by atoms with Crippen LogP contribution >= 0.6 is 0 Å². The van der Waals surface area contributed by atoms with Crippen LogP contribution in [0.1, 0.15) is 131 Å². The summed E-state index contributed by atoms with van der Waals surface area (Å²) in [6.45, 7) is 14.0. The van der Waals surface area contributed by atoms with Gasteiger partial charge in [0.15, 0.2) is 0 Å². The zero-order valence-corrected chi connectivity index (χ0v) is 49.2. The van der Waals surface area contributed by atoms with Crippen LogP contribution < -0.4 is 70.1 Å². The summed E-state index contributed by atoms with van der Waals surface area (Å²) in [5, 5.41) is 43.5. The van der Waals surface area contributed by atoms with Crippen molar-refractivity contribution in [3.8, 4) is 5.75 Å². The van der Waals surface area contributed by atoms with Gasteiger partial charge in [0, 0.05) is 49.6 Å². The lowest BCUT2D eigenvalue weighted by molar-refractivity contribution is -0.393. The smallest absolute Gasteiger partial charge is 0.336 e. The molecule has 3 aromatic rings. The molecular weight excluding hydrogens is 1080 g/mol. The molecule has 1 aromatic heterocycles. The zero-order chi connectivity index (χ0) is 62.9. The van der Waals surface area contributed by atoms with Crippen LogP contribution in [0, 0.1) is 26.1 Å². The number of carbonyl (C=O) groups is 8. The first kappa shape index (κ1) is 74.7. The third kappa shape index (κ3) is 31.5. The second kappa shape index (κ2) is 43.5. The monoisotopic (exact) mass is 1170 g/mol. The third-order valence-electron chi connectivity index (χ3n) is 11.6. The van der Waals surface area contributed by atoms with E-state index in [0.717, 1.165) is 30.4 Å². The fourth-order valence-electron chi connectivity index (χ4n) is 7.19. The van der Waals surface area contributed by atoms with Gasteiger partial charge in [-0.15, -0.1) is 0 Å². The van der Waals surface area contributed by atoms with Crippen LogP contribution in [-0.2, 0) is 44.8 Å². The maximum absolute atomic E-state index is 13.0. The first-order chi connectivity index (χ1) is 39.5. The molecule has 0 radical (unpaired) electrons. The number of nitrogens with two attached hydrogens (primary N) is 3. The van der Waals surface area contributed by atoms with E-state index in [0.29, 0.717) is 62.1 Å². The Kier molecular flexibility index (Phi) is 39.1. The molecule has 2 aromatic carbocycles. The number of non-ortho nitro benzene ring substituents is 1. The number of nitro groups is 2. The lowest BCUT2D eigenvalue weighted by atomic mass is 9.98. The van der Waals surface area contributed by atoms with Crippen molar-refractivity contribution in [3.05, 3.63) is 78.7 Å². The summed E-state index contributed by atoms with van der Waals surface area (Å²) in [6, 6.07) is 6.55. The Labute approximate surface area is 484 Å². The summed E-state index contributed by atoms with van der Waals surface area (Å²) in [4.78, 5) is 132. The highest BCUT2D eigenvalue weighted by Gasteiger charge is 2.27. The minimum Gasteiger partial charge on any atom is -0.497 e. The highest BCUT2D eigenvalue weighted by molar-refractivity contribution is 5.94. The number of benzene rings is 2. The van der Waals surface area contributed by atoms with E-state index in [1.165, 1.54) is 25.0 Å². The fourth-order valence-corrected chi connectivity index (χ4v) is 7.19. The van der Waals surface area contributed by atoms with Gasteiger partial charge in [-0.25, -0.2) is 4.79 Å². The van der Waals surface area contributed by atoms with Gasteiger partial charge in [0.2, 0.25) is 47.3 Å². The molecular formula is C55H89N13O15. The second-order valence-electron chi connectivity index (χ2n) is 19.0. The van der Waals surface area contributed by atoms with Gasteiger partial charge in [-0.05, 0) is 81.2 Å². The molecule has 0 aliphatic heterocycles. The average Bonchev–Trinajstić information content (AvgIpc) is 3.61. The van der Waals surface area contributed by atoms with Crippen molar-refractivity contribution in [3.63, 3.8) is 0 Å². The molecule has 0 fully saturated rings. The van der Waals surface area contributed by atoms with Crippen LogP contribution in [-0.4, -0.2) is 128 Å². The minimum atomic E-state index is -1.24. The number of nitrogens with one attached hydrogen (secondary N) is 8. The molecule has 0 bridgehead atoms. The van der Waals surface area contributed by atoms with Crippen molar-refractivity contribution in [2.75, 3.05) is 58.2 Å². The Balaban J connectivity index is 0.00000203. The molecule has 8 amide bonds. The molecule has 28 heteroatoms. The molecule has 14 N–H and O–H groups in total. The fraction of sp³-hybridized carbons (Fsp3) is 0.582. The van der Waals surface area contributed by atoms with E-state index in [1.807, 2.05) is 6.92 Å². The Morgan fingerprint density at radius 3 is 1.80 bits per heavy atom. The van der Waals surface area contributed by atoms with Gasteiger partial charge >= 0.3 is 5.63 Å². The number of carbonyl (C=O) groups excluding carboxylic acids is 8. The number of unbranched alkanes of at least 4 members (excludes halogenated alkanes) is 3. The number of ether oxygens (including phenoxy) is 1. The van der Waals surface area contributed by atoms with E-state index in [4.69, 9.17) is 26.4 Å². The van der Waals surface area contributed by atoms with Gasteiger partial charge in [-0.2, -0.15) is 0 Å². The van der Waals surface area contributed by atoms with Gasteiger partial charge in [0.1, 0.15) is 35.1 Å². The minimum absolute atomic E-state index is 0.0915. The van der Waals surface area contributed by atoms with Crippen LogP contribution in [0.2, 0.25) is 0 Å². The summed E-state index contributed by atoms with van der Waals surface area (Å²) in [6.07, 6.45) is 6.91. The largest absolute Gasteiger partial charge is 0.497 e. The van der Waals surface area contributed by atoms with Crippen molar-refractivity contribution >= 4 is 75.3 Å². The van der Waals surface area contributed by atoms with E-state index < -0.39 is 106 Å². The van der Waals surface area contributed by atoms with Crippen LogP contribution in [0.3, 0.4) is 0 Å². The topological polar surface area (TPSA) is 437 Å². The van der Waals surface area contributed by atoms with E-state index >= 15 is 0 Å². The molecule has 4 atom stereocenters. The average molecular weight is 1170 g/mol. The number of rotatable bonds is 34. The number of methoxy groups -OCH3 is 1. The standard InChI is InChI=1S/C33H54N12O11.C16H19NO4.2C3H8/c1-3-20(2)30(31(36)50)43-29(49)19-40-32(51)23(8-4-5-13-34)42-28(48)18-39-33(52)24(41-27(47)17-35)11-12-26(46)38-15-7-6-14-37-22-10-9-21(44(53)54)16-25(22)45(55)56;1-3-4-7-17-15(18)8-11-9-16(19)21-14-10-12(20-2)5-6-13(11)14;2*1-3-2/h9-10,16,20,23-24,30,37H,3-8,11-15,17-19,34-35H2,1-2H3,(H2,36,50)(H,38,46)(H,39,52)(H,40,51)(H,41,47)(H,42,48)(H,43,49);5-6,9-10H,3-4,7-8H2,1-2H3,(H,17,18);2*3H2,1-2H3. The Hall–Kier alpha value is -8.27. The van der Waals surface area contributed by atoms with E-state index in [9.17, 15) is 63.4 Å². The Morgan fingerprint density at radius 2 is 1.24 bits per heavy atom. The van der Waals surface area contributed by atoms with Gasteiger partial charge in [0.25, 0.3) is 11.4 Å². The molecule has 0 saturated heterocycles. The predicted octanol–water partition coefficient (Wildman–Crippen LogP) is 2.99. The van der Waals surface area contributed by atoms with E-state index in [-0.39, 0.29) is 56.3 Å². The zero-order valence-electron chi connectivity index (χ0n) is 49.2. The normalized spacial score (nSPS) is 11.7. The molecule has 4 unspecified atom stereocenters. The summed E-state index contributed by atoms with van der Waals surface area (Å²) < 4.78 is 10.3. The molecule has 0 aliphatic carbocycles. The Bertz CT molecular complexity index is 2600. The molecule has 0 spiro atoms. The van der Waals surface area contributed by atoms with Crippen molar-refractivity contribution in [2.24, 2.45) is 23.1 Å². The van der Waals surface area contributed by atoms with Gasteiger partial charge < -0.3 is 68.9 Å². The highest BCUT2D eigenvalue weighted by atomic mass is 16.6. The van der Waals surface area contributed by atoms with Gasteiger partial charge in [0.05, 0.1) is 49.1 Å². The maximum Gasteiger partial charge on any atom is 0.336 e. The molecule has 1 heterocycles. The van der Waals surface area contributed by atoms with E-state index in [2.05, 4.69) is 77.2 Å². The van der Waals surface area contributed by atoms with Crippen molar-refractivity contribution in [1.29, 1.82) is 0 Å². The quantitative estimate of drug-likeness (QED) is 0.0177. The lowest BCUT2D eigenvalue weighted by Gasteiger charge is -2.22. The van der Waals surface area contributed by atoms with Crippen molar-refractivity contribution < 1.29 is 57.4 Å². The molecule has 0 saturated carbocycles. The van der Waals surface area contributed by atoms with Crippen molar-refractivity contribution in [1.82, 2.24) is 37.2 Å². The molecule has 464 valence electrons. The van der Waals surface area contributed by atoms with Gasteiger partial charge in [-0.3, -0.25) is 58.6 Å². The van der Waals surface area contributed by atoms with Crippen molar-refractivity contribution in [2.45, 2.75) is 150 Å². The van der Waals surface area contributed by atoms with E-state index in [1.54, 1.807) is 32.2 Å². The lowest BCUT2D eigenvalue weighted by Crippen LogP contribution is -2.54. The number of fused-ring (bicyclic) bond motifs is 1. The number of nitro benzene ring substituents is 2. The molecule has 83 heavy (non-hydrogen) atoms. The third-order valence-corrected chi connectivity index (χ3v) is 11.6. The molecule has 3 rings (SSSR count). The highest BCUT2D eigenvalue weighted by Crippen LogP contribution is 2.29. The molecule has 28 nitrogen and oxygen atoms in total. The number of anilines is 1. The number of primary amides is 1. The summed E-state index contributed by atoms with van der Waals surface area (Å²) >= 11 is 0. The summed E-state index contributed by atoms with van der Waals surface area (Å²) in [5.41, 5.74) is 16.2. The van der Waals surface area contributed by atoms with Crippen LogP contribution in [0.4, 0.5) is 17.1 Å². The Morgan fingerprint density at radius 1 is 0.663 bits per heavy atom. The first-order valence-corrected chi connectivity index (χ1v) is 27.9. The number of amides is 8. The maximum atomic E-state index is 13.0. The number of nitrogens with zero attached hydrogens (tertiary/aromatic N) is 2. The van der Waals surface area contributed by atoms with Crippen LogP contribution in [0.5, 0.6) is 5.75 Å². The molecule has 0 aliphatic rings. The summed E-state index contributed by atoms with van der Waals surface area (Å²) in [5.74, 6) is -4.51. The predicted molar refractivity (Wildman–Crippen MR) is 315 cm³/mol. The first-order valence-electron chi connectivity index (χ1n) is 27.9. The summed E-state index contributed by atoms with van der Waals surface area (Å²) in [7, 11) is 1.55. The number of hydrogen-bond acceptors (Lipinski definition) is 18. The SMILES string of the molecule is CCC.CCC.CCC(C)C(NC(=O)CNC(=O)C(CCCCN)NC(=O)CNC(=O)C(CCC(=O)NCCCCNc1ccc([N+](=O)[O-])cc1[N+](=O)[O-])NC(=O)CN)C(N)=O.CCCCNC(=O)Cc1cc(=O)oc2cc(OC)ccc12. The van der Waals surface area contributed by atoms with Crippen LogP contribution in [0.25, 0.3) is 11.0 Å². The second-order valence-corrected chi connectivity index (χ2v) is 19.0. The van der Waals surface area contributed by atoms with Crippen LogP contribution in [0.15, 0.2) is 51.7 Å².